The molecule has 0 bridgehead atoms. The zero-order chi connectivity index (χ0) is 16.2. The molecule has 0 saturated carbocycles. The zero-order valence-electron chi connectivity index (χ0n) is 13.8. The highest BCUT2D eigenvalue weighted by Crippen LogP contribution is 2.19. The number of carbonyl (C=O) groups excluding carboxylic acids is 1. The molecule has 0 unspecified atom stereocenters. The Morgan fingerprint density at radius 3 is 2.35 bits per heavy atom. The smallest absolute Gasteiger partial charge is 0.255 e. The summed E-state index contributed by atoms with van der Waals surface area (Å²) in [5, 5.41) is 2.97. The number of hydrogen-bond acceptors (Lipinski definition) is 2. The van der Waals surface area contributed by atoms with Crippen LogP contribution in [0, 0.1) is 6.92 Å². The Bertz CT molecular complexity index is 673. The quantitative estimate of drug-likeness (QED) is 0.903. The Morgan fingerprint density at radius 1 is 1.04 bits per heavy atom. The van der Waals surface area contributed by atoms with Gasteiger partial charge in [-0.3, -0.25) is 4.79 Å². The van der Waals surface area contributed by atoms with Crippen LogP contribution in [-0.4, -0.2) is 39.1 Å². The van der Waals surface area contributed by atoms with Crippen LogP contribution in [0.1, 0.15) is 15.9 Å². The number of quaternary nitrogens is 1. The molecule has 0 aromatic heterocycles. The molecular formula is C19H24N3O+. The average Bonchev–Trinajstić information content (AvgIpc) is 2.57. The van der Waals surface area contributed by atoms with E-state index in [1.165, 1.54) is 18.8 Å². The number of likely N-dealkylation sites (N-methyl/N-ethyl adjacent to an activating group) is 1. The number of benzene rings is 2. The first-order chi connectivity index (χ1) is 11.1. The fraction of sp³-hybridized carbons (Fsp3) is 0.316. The maximum absolute atomic E-state index is 12.3. The van der Waals surface area contributed by atoms with Crippen molar-refractivity contribution in [3.8, 4) is 0 Å². The molecule has 1 aliphatic rings. The molecule has 0 radical (unpaired) electrons. The molecule has 2 aromatic rings. The Morgan fingerprint density at radius 2 is 1.70 bits per heavy atom. The van der Waals surface area contributed by atoms with E-state index >= 15 is 0 Å². The number of nitrogens with zero attached hydrogens (tertiary/aromatic N) is 1. The van der Waals surface area contributed by atoms with Gasteiger partial charge < -0.3 is 15.1 Å². The van der Waals surface area contributed by atoms with Crippen LogP contribution in [0.25, 0.3) is 0 Å². The number of piperazine rings is 1. The van der Waals surface area contributed by atoms with E-state index < -0.39 is 0 Å². The molecule has 1 aliphatic heterocycles. The summed E-state index contributed by atoms with van der Waals surface area (Å²) in [6.45, 7) is 6.46. The second-order valence-electron chi connectivity index (χ2n) is 6.26. The van der Waals surface area contributed by atoms with E-state index in [9.17, 15) is 4.79 Å². The highest BCUT2D eigenvalue weighted by molar-refractivity contribution is 6.05. The summed E-state index contributed by atoms with van der Waals surface area (Å²) >= 11 is 0. The summed E-state index contributed by atoms with van der Waals surface area (Å²) < 4.78 is 0. The lowest BCUT2D eigenvalue weighted by molar-refractivity contribution is -0.880. The van der Waals surface area contributed by atoms with Gasteiger partial charge in [-0.15, -0.1) is 0 Å². The second kappa shape index (κ2) is 6.84. The molecule has 4 heteroatoms. The van der Waals surface area contributed by atoms with Gasteiger partial charge in [0.1, 0.15) is 0 Å². The molecule has 4 nitrogen and oxygen atoms in total. The van der Waals surface area contributed by atoms with Crippen molar-refractivity contribution in [2.45, 2.75) is 6.92 Å². The fourth-order valence-electron chi connectivity index (χ4n) is 2.93. The maximum Gasteiger partial charge on any atom is 0.255 e. The molecule has 1 fully saturated rings. The molecule has 1 amide bonds. The van der Waals surface area contributed by atoms with E-state index in [2.05, 4.69) is 29.4 Å². The SMILES string of the molecule is Cc1ccccc1C(=O)Nc1ccc(N2CC[NH+](C)CC2)cc1. The third-order valence-corrected chi connectivity index (χ3v) is 4.50. The van der Waals surface area contributed by atoms with E-state index in [0.717, 1.165) is 29.9 Å². The van der Waals surface area contributed by atoms with Gasteiger partial charge in [0.2, 0.25) is 0 Å². The molecule has 2 aromatic carbocycles. The Hall–Kier alpha value is -2.33. The molecule has 23 heavy (non-hydrogen) atoms. The zero-order valence-corrected chi connectivity index (χ0v) is 13.8. The highest BCUT2D eigenvalue weighted by Gasteiger charge is 2.16. The van der Waals surface area contributed by atoms with Gasteiger partial charge in [0.05, 0.1) is 33.2 Å². The van der Waals surface area contributed by atoms with E-state index in [-0.39, 0.29) is 5.91 Å². The highest BCUT2D eigenvalue weighted by atomic mass is 16.1. The van der Waals surface area contributed by atoms with Crippen molar-refractivity contribution < 1.29 is 9.69 Å². The fourth-order valence-corrected chi connectivity index (χ4v) is 2.93. The number of anilines is 2. The van der Waals surface area contributed by atoms with Gasteiger partial charge in [-0.25, -0.2) is 0 Å². The molecule has 3 rings (SSSR count). The molecule has 0 spiro atoms. The van der Waals surface area contributed by atoms with Gasteiger partial charge in [-0.2, -0.15) is 0 Å². The van der Waals surface area contributed by atoms with Gasteiger partial charge >= 0.3 is 0 Å². The lowest BCUT2D eigenvalue weighted by Crippen LogP contribution is -3.12. The number of rotatable bonds is 3. The van der Waals surface area contributed by atoms with Gasteiger partial charge in [0.25, 0.3) is 5.91 Å². The molecule has 1 heterocycles. The molecule has 120 valence electrons. The molecule has 1 saturated heterocycles. The van der Waals surface area contributed by atoms with E-state index in [1.54, 1.807) is 4.90 Å². The van der Waals surface area contributed by atoms with Crippen molar-refractivity contribution in [3.63, 3.8) is 0 Å². The Balaban J connectivity index is 1.66. The number of aryl methyl sites for hydroxylation is 1. The second-order valence-corrected chi connectivity index (χ2v) is 6.26. The normalized spacial score (nSPS) is 15.5. The topological polar surface area (TPSA) is 36.8 Å². The molecule has 2 N–H and O–H groups in total. The Kier molecular flexibility index (Phi) is 4.63. The summed E-state index contributed by atoms with van der Waals surface area (Å²) in [5.74, 6) is -0.0564. The predicted octanol–water partition coefficient (Wildman–Crippen LogP) is 1.58. The van der Waals surface area contributed by atoms with Crippen molar-refractivity contribution >= 4 is 17.3 Å². The standard InChI is InChI=1S/C19H23N3O/c1-15-5-3-4-6-18(15)19(23)20-16-7-9-17(10-8-16)22-13-11-21(2)12-14-22/h3-10H,11-14H2,1-2H3,(H,20,23)/p+1. The maximum atomic E-state index is 12.3. The Labute approximate surface area is 137 Å². The van der Waals surface area contributed by atoms with E-state index in [4.69, 9.17) is 0 Å². The summed E-state index contributed by atoms with van der Waals surface area (Å²) in [6.07, 6.45) is 0. The van der Waals surface area contributed by atoms with Crippen molar-refractivity contribution in [2.24, 2.45) is 0 Å². The van der Waals surface area contributed by atoms with Gasteiger partial charge in [0.15, 0.2) is 0 Å². The minimum atomic E-state index is -0.0564. The van der Waals surface area contributed by atoms with Crippen LogP contribution in [0.2, 0.25) is 0 Å². The van der Waals surface area contributed by atoms with Gasteiger partial charge in [-0.1, -0.05) is 18.2 Å². The van der Waals surface area contributed by atoms with Crippen molar-refractivity contribution in [1.82, 2.24) is 0 Å². The first-order valence-electron chi connectivity index (χ1n) is 8.17. The van der Waals surface area contributed by atoms with Gasteiger partial charge in [-0.05, 0) is 42.8 Å². The third kappa shape index (κ3) is 3.71. The summed E-state index contributed by atoms with van der Waals surface area (Å²) in [4.78, 5) is 16.3. The molecular weight excluding hydrogens is 286 g/mol. The van der Waals surface area contributed by atoms with Crippen LogP contribution in [0.15, 0.2) is 48.5 Å². The number of nitrogens with one attached hydrogen (secondary N) is 2. The summed E-state index contributed by atoms with van der Waals surface area (Å²) in [5.41, 5.74) is 3.77. The minimum Gasteiger partial charge on any atom is -0.360 e. The van der Waals surface area contributed by atoms with Crippen LogP contribution in [0.4, 0.5) is 11.4 Å². The van der Waals surface area contributed by atoms with Crippen LogP contribution < -0.4 is 15.1 Å². The van der Waals surface area contributed by atoms with E-state index in [1.807, 2.05) is 43.3 Å². The molecule has 0 atom stereocenters. The first-order valence-corrected chi connectivity index (χ1v) is 8.17. The number of hydrogen-bond donors (Lipinski definition) is 2. The summed E-state index contributed by atoms with van der Waals surface area (Å²) in [7, 11) is 2.24. The molecule has 0 aliphatic carbocycles. The number of amides is 1. The largest absolute Gasteiger partial charge is 0.360 e. The van der Waals surface area contributed by atoms with Crippen LogP contribution >= 0.6 is 0 Å². The lowest BCUT2D eigenvalue weighted by Gasteiger charge is -2.31. The van der Waals surface area contributed by atoms with Crippen molar-refractivity contribution in [2.75, 3.05) is 43.4 Å². The monoisotopic (exact) mass is 310 g/mol. The van der Waals surface area contributed by atoms with Crippen molar-refractivity contribution in [3.05, 3.63) is 59.7 Å². The number of carbonyl (C=O) groups is 1. The van der Waals surface area contributed by atoms with Crippen LogP contribution in [0.5, 0.6) is 0 Å². The van der Waals surface area contributed by atoms with Gasteiger partial charge in [0, 0.05) is 16.9 Å². The predicted molar refractivity (Wildman–Crippen MR) is 94.4 cm³/mol. The third-order valence-electron chi connectivity index (χ3n) is 4.50. The van der Waals surface area contributed by atoms with Crippen LogP contribution in [-0.2, 0) is 0 Å². The van der Waals surface area contributed by atoms with Crippen LogP contribution in [0.3, 0.4) is 0 Å². The average molecular weight is 310 g/mol. The first kappa shape index (κ1) is 15.6. The summed E-state index contributed by atoms with van der Waals surface area (Å²) in [6, 6.07) is 15.8. The van der Waals surface area contributed by atoms with E-state index in [0.29, 0.717) is 0 Å². The van der Waals surface area contributed by atoms with Crippen molar-refractivity contribution in [1.29, 1.82) is 0 Å². The minimum absolute atomic E-state index is 0.0564. The lowest BCUT2D eigenvalue weighted by atomic mass is 10.1.